The van der Waals surface area contributed by atoms with E-state index in [-0.39, 0.29) is 24.1 Å². The standard InChI is InChI=1S/C24H34N6O3/c31-22-5-4-21(23(32)26-22)30-17-18-16-19(2-3-20(18)24(30)33)29-14-12-28(13-15-29)9-1-8-27-10-6-25-7-11-27/h2-3,16,21,25H,1,4-15,17H2,(H,26,31,32). The van der Waals surface area contributed by atoms with E-state index in [2.05, 4.69) is 31.4 Å². The average molecular weight is 455 g/mol. The lowest BCUT2D eigenvalue weighted by Gasteiger charge is -2.36. The second-order valence-electron chi connectivity index (χ2n) is 9.52. The average Bonchev–Trinajstić information content (AvgIpc) is 3.16. The molecule has 9 heteroatoms. The molecule has 1 aromatic carbocycles. The van der Waals surface area contributed by atoms with E-state index in [1.807, 2.05) is 12.1 Å². The molecular formula is C24H34N6O3. The number of rotatable bonds is 6. The van der Waals surface area contributed by atoms with Gasteiger partial charge in [0, 0.05) is 76.6 Å². The van der Waals surface area contributed by atoms with Gasteiger partial charge >= 0.3 is 0 Å². The predicted octanol–water partition coefficient (Wildman–Crippen LogP) is -0.135. The molecule has 33 heavy (non-hydrogen) atoms. The summed E-state index contributed by atoms with van der Waals surface area (Å²) in [7, 11) is 0. The molecule has 1 unspecified atom stereocenters. The fourth-order valence-corrected chi connectivity index (χ4v) is 5.44. The van der Waals surface area contributed by atoms with E-state index in [0.29, 0.717) is 18.5 Å². The fourth-order valence-electron chi connectivity index (χ4n) is 5.44. The second-order valence-corrected chi connectivity index (χ2v) is 9.52. The molecule has 0 radical (unpaired) electrons. The van der Waals surface area contributed by atoms with Crippen LogP contribution in [0.1, 0.15) is 35.2 Å². The van der Waals surface area contributed by atoms with Crippen LogP contribution in [0.2, 0.25) is 0 Å². The quantitative estimate of drug-likeness (QED) is 0.579. The lowest BCUT2D eigenvalue weighted by molar-refractivity contribution is -0.136. The largest absolute Gasteiger partial charge is 0.369 e. The van der Waals surface area contributed by atoms with Gasteiger partial charge in [-0.3, -0.25) is 24.6 Å². The van der Waals surface area contributed by atoms with Crippen molar-refractivity contribution in [3.8, 4) is 0 Å². The van der Waals surface area contributed by atoms with Crippen molar-refractivity contribution in [2.45, 2.75) is 31.8 Å². The van der Waals surface area contributed by atoms with Crippen LogP contribution in [-0.2, 0) is 16.1 Å². The molecule has 0 aromatic heterocycles. The van der Waals surface area contributed by atoms with Gasteiger partial charge in [-0.25, -0.2) is 0 Å². The van der Waals surface area contributed by atoms with E-state index < -0.39 is 6.04 Å². The highest BCUT2D eigenvalue weighted by molar-refractivity contribution is 6.05. The number of piperidine rings is 1. The lowest BCUT2D eigenvalue weighted by atomic mass is 10.0. The predicted molar refractivity (Wildman–Crippen MR) is 125 cm³/mol. The monoisotopic (exact) mass is 454 g/mol. The van der Waals surface area contributed by atoms with Crippen LogP contribution >= 0.6 is 0 Å². The molecule has 1 atom stereocenters. The Hall–Kier alpha value is -2.49. The Bertz CT molecular complexity index is 907. The van der Waals surface area contributed by atoms with Gasteiger partial charge in [-0.05, 0) is 49.7 Å². The number of fused-ring (bicyclic) bond motifs is 1. The summed E-state index contributed by atoms with van der Waals surface area (Å²) in [6.07, 6.45) is 1.90. The van der Waals surface area contributed by atoms with Gasteiger partial charge in [-0.2, -0.15) is 0 Å². The number of benzene rings is 1. The summed E-state index contributed by atoms with van der Waals surface area (Å²) in [6, 6.07) is 5.48. The van der Waals surface area contributed by atoms with E-state index in [1.54, 1.807) is 4.90 Å². The maximum atomic E-state index is 12.9. The topological polar surface area (TPSA) is 88.2 Å². The molecule has 5 rings (SSSR count). The first-order valence-corrected chi connectivity index (χ1v) is 12.3. The number of hydrogen-bond donors (Lipinski definition) is 2. The van der Waals surface area contributed by atoms with Crippen molar-refractivity contribution in [2.24, 2.45) is 0 Å². The maximum Gasteiger partial charge on any atom is 0.255 e. The smallest absolute Gasteiger partial charge is 0.255 e. The highest BCUT2D eigenvalue weighted by Gasteiger charge is 2.39. The summed E-state index contributed by atoms with van der Waals surface area (Å²) in [5, 5.41) is 5.77. The summed E-state index contributed by atoms with van der Waals surface area (Å²) in [5.74, 6) is -0.730. The molecule has 178 valence electrons. The minimum absolute atomic E-state index is 0.111. The van der Waals surface area contributed by atoms with Gasteiger partial charge in [0.05, 0.1) is 0 Å². The fraction of sp³-hybridized carbons (Fsp3) is 0.625. The summed E-state index contributed by atoms with van der Waals surface area (Å²) in [4.78, 5) is 45.7. The summed E-state index contributed by atoms with van der Waals surface area (Å²) in [5.41, 5.74) is 2.79. The van der Waals surface area contributed by atoms with Crippen molar-refractivity contribution in [2.75, 3.05) is 70.3 Å². The zero-order chi connectivity index (χ0) is 22.8. The van der Waals surface area contributed by atoms with Gasteiger partial charge in [0.2, 0.25) is 11.8 Å². The molecule has 0 saturated carbocycles. The van der Waals surface area contributed by atoms with Gasteiger partial charge in [0.15, 0.2) is 0 Å². The number of nitrogens with one attached hydrogen (secondary N) is 2. The minimum Gasteiger partial charge on any atom is -0.369 e. The van der Waals surface area contributed by atoms with Crippen LogP contribution in [0.4, 0.5) is 5.69 Å². The number of carbonyl (C=O) groups excluding carboxylic acids is 3. The minimum atomic E-state index is -0.559. The normalized spacial score (nSPS) is 24.8. The van der Waals surface area contributed by atoms with Gasteiger partial charge in [0.25, 0.3) is 5.91 Å². The van der Waals surface area contributed by atoms with Crippen molar-refractivity contribution in [1.82, 2.24) is 25.3 Å². The first-order chi connectivity index (χ1) is 16.1. The van der Waals surface area contributed by atoms with Crippen LogP contribution in [-0.4, -0.2) is 104 Å². The number of amides is 3. The Morgan fingerprint density at radius 2 is 1.64 bits per heavy atom. The molecule has 0 bridgehead atoms. The Morgan fingerprint density at radius 3 is 2.36 bits per heavy atom. The van der Waals surface area contributed by atoms with E-state index >= 15 is 0 Å². The lowest BCUT2D eigenvalue weighted by Crippen LogP contribution is -2.52. The Balaban J connectivity index is 1.13. The highest BCUT2D eigenvalue weighted by atomic mass is 16.2. The zero-order valence-corrected chi connectivity index (χ0v) is 19.2. The van der Waals surface area contributed by atoms with Gasteiger partial charge in [0.1, 0.15) is 6.04 Å². The molecule has 4 heterocycles. The number of hydrogen-bond acceptors (Lipinski definition) is 7. The van der Waals surface area contributed by atoms with E-state index in [4.69, 9.17) is 0 Å². The number of nitrogens with zero attached hydrogens (tertiary/aromatic N) is 4. The van der Waals surface area contributed by atoms with Crippen LogP contribution in [0.25, 0.3) is 0 Å². The Labute approximate surface area is 195 Å². The van der Waals surface area contributed by atoms with Gasteiger partial charge in [-0.1, -0.05) is 0 Å². The Kier molecular flexibility index (Phi) is 6.62. The number of carbonyl (C=O) groups is 3. The molecule has 3 fully saturated rings. The Morgan fingerprint density at radius 1 is 0.909 bits per heavy atom. The summed E-state index contributed by atoms with van der Waals surface area (Å²) >= 11 is 0. The van der Waals surface area contributed by atoms with Gasteiger partial charge < -0.3 is 20.0 Å². The molecule has 4 aliphatic rings. The first kappa shape index (κ1) is 22.3. The number of piperazine rings is 2. The van der Waals surface area contributed by atoms with Crippen LogP contribution in [0.5, 0.6) is 0 Å². The van der Waals surface area contributed by atoms with E-state index in [0.717, 1.165) is 70.2 Å². The molecule has 3 amide bonds. The molecule has 9 nitrogen and oxygen atoms in total. The molecular weight excluding hydrogens is 420 g/mol. The third kappa shape index (κ3) is 4.90. The number of anilines is 1. The second kappa shape index (κ2) is 9.79. The van der Waals surface area contributed by atoms with Crippen molar-refractivity contribution in [3.05, 3.63) is 29.3 Å². The molecule has 0 spiro atoms. The third-order valence-electron chi connectivity index (χ3n) is 7.40. The highest BCUT2D eigenvalue weighted by Crippen LogP contribution is 2.30. The summed E-state index contributed by atoms with van der Waals surface area (Å²) in [6.45, 7) is 11.4. The molecule has 3 saturated heterocycles. The first-order valence-electron chi connectivity index (χ1n) is 12.3. The SMILES string of the molecule is O=C1CCC(N2Cc3cc(N4CCN(CCCN5CCNCC5)CC4)ccc3C2=O)C(=O)N1. The maximum absolute atomic E-state index is 12.9. The van der Waals surface area contributed by atoms with Crippen LogP contribution in [0.15, 0.2) is 18.2 Å². The van der Waals surface area contributed by atoms with Crippen LogP contribution in [0, 0.1) is 0 Å². The van der Waals surface area contributed by atoms with E-state index in [9.17, 15) is 14.4 Å². The van der Waals surface area contributed by atoms with Crippen molar-refractivity contribution in [3.63, 3.8) is 0 Å². The molecule has 2 N–H and O–H groups in total. The summed E-state index contributed by atoms with van der Waals surface area (Å²) < 4.78 is 0. The number of imide groups is 1. The third-order valence-corrected chi connectivity index (χ3v) is 7.40. The van der Waals surface area contributed by atoms with Crippen LogP contribution < -0.4 is 15.5 Å². The van der Waals surface area contributed by atoms with E-state index in [1.165, 1.54) is 13.0 Å². The van der Waals surface area contributed by atoms with Crippen molar-refractivity contribution >= 4 is 23.4 Å². The molecule has 0 aliphatic carbocycles. The van der Waals surface area contributed by atoms with Crippen LogP contribution in [0.3, 0.4) is 0 Å². The molecule has 4 aliphatic heterocycles. The molecule has 1 aromatic rings. The van der Waals surface area contributed by atoms with Crippen molar-refractivity contribution < 1.29 is 14.4 Å². The van der Waals surface area contributed by atoms with Crippen molar-refractivity contribution in [1.29, 1.82) is 0 Å². The zero-order valence-electron chi connectivity index (χ0n) is 19.2. The van der Waals surface area contributed by atoms with Gasteiger partial charge in [-0.15, -0.1) is 0 Å².